The van der Waals surface area contributed by atoms with Crippen molar-refractivity contribution in [1.82, 2.24) is 5.32 Å². The molecule has 1 aromatic rings. The molecule has 27 heavy (non-hydrogen) atoms. The van der Waals surface area contributed by atoms with Gasteiger partial charge in [-0.15, -0.1) is 0 Å². The molecule has 0 spiro atoms. The molecule has 2 rings (SSSR count). The van der Waals surface area contributed by atoms with Gasteiger partial charge in [0.15, 0.2) is 0 Å². The monoisotopic (exact) mass is 381 g/mol. The van der Waals surface area contributed by atoms with Gasteiger partial charge in [0, 0.05) is 12.3 Å². The molecule has 0 bridgehead atoms. The fourth-order valence-corrected chi connectivity index (χ4v) is 2.92. The summed E-state index contributed by atoms with van der Waals surface area (Å²) in [6.45, 7) is 12.1. The van der Waals surface area contributed by atoms with E-state index in [1.807, 2.05) is 39.8 Å². The molecule has 1 atom stereocenters. The molecule has 0 saturated carbocycles. The maximum atomic E-state index is 13.7. The van der Waals surface area contributed by atoms with Gasteiger partial charge in [-0.05, 0) is 49.3 Å². The summed E-state index contributed by atoms with van der Waals surface area (Å²) >= 11 is 0. The first-order valence-corrected chi connectivity index (χ1v) is 9.98. The number of amides is 2. The van der Waals surface area contributed by atoms with Gasteiger partial charge in [-0.2, -0.15) is 0 Å². The topological polar surface area (TPSA) is 46.2 Å². The van der Waals surface area contributed by atoms with Crippen LogP contribution in [0.5, 0.6) is 0 Å². The molecular weight excluding hydrogens is 341 g/mol. The number of halogens is 1. The van der Waals surface area contributed by atoms with Crippen molar-refractivity contribution in [3.8, 4) is 0 Å². The van der Waals surface area contributed by atoms with Crippen molar-refractivity contribution in [2.45, 2.75) is 93.4 Å². The molecule has 1 unspecified atom stereocenters. The van der Waals surface area contributed by atoms with E-state index in [4.69, 9.17) is 0 Å². The maximum Gasteiger partial charge on any atom is 0.229 e. The van der Waals surface area contributed by atoms with E-state index in [0.29, 0.717) is 18.8 Å². The highest BCUT2D eigenvalue weighted by Crippen LogP contribution is 2.28. The Morgan fingerprint density at radius 2 is 1.70 bits per heavy atom. The van der Waals surface area contributed by atoms with Crippen LogP contribution in [0.4, 0.5) is 4.39 Å². The van der Waals surface area contributed by atoms with E-state index in [1.54, 1.807) is 6.07 Å². The SMILES string of the molecule is C.CC.CC1CCC(=O)NC1=O.CCCC(CCC)c1ccc(C)cc1F. The van der Waals surface area contributed by atoms with Crippen LogP contribution in [0.1, 0.15) is 97.6 Å². The Bertz CT molecular complexity index is 551. The molecule has 0 aromatic heterocycles. The van der Waals surface area contributed by atoms with Crippen LogP contribution in [0, 0.1) is 18.7 Å². The lowest BCUT2D eigenvalue weighted by molar-refractivity contribution is -0.135. The van der Waals surface area contributed by atoms with Crippen LogP contribution in [-0.2, 0) is 9.59 Å². The minimum absolute atomic E-state index is 0. The van der Waals surface area contributed by atoms with Crippen molar-refractivity contribution in [1.29, 1.82) is 0 Å². The molecule has 1 aliphatic rings. The van der Waals surface area contributed by atoms with E-state index in [0.717, 1.165) is 36.8 Å². The van der Waals surface area contributed by atoms with Crippen molar-refractivity contribution in [2.75, 3.05) is 0 Å². The second kappa shape index (κ2) is 15.4. The summed E-state index contributed by atoms with van der Waals surface area (Å²) in [5.74, 6) is 0.120. The number of benzene rings is 1. The van der Waals surface area contributed by atoms with Gasteiger partial charge < -0.3 is 0 Å². The minimum Gasteiger partial charge on any atom is -0.296 e. The lowest BCUT2D eigenvalue weighted by Gasteiger charge is -2.16. The zero-order valence-electron chi connectivity index (χ0n) is 17.3. The standard InChI is InChI=1S/C14H21F.C6H9NO2.C2H6.CH4/c1-4-6-12(7-5-2)13-9-8-11(3)10-14(13)15;1-4-2-3-5(8)7-6(4)9;1-2;/h8-10,12H,4-7H2,1-3H3;4H,2-3H2,1H3,(H,7,8,9);1-2H3;1H4. The lowest BCUT2D eigenvalue weighted by Crippen LogP contribution is -2.39. The summed E-state index contributed by atoms with van der Waals surface area (Å²) < 4.78 is 13.7. The summed E-state index contributed by atoms with van der Waals surface area (Å²) in [6.07, 6.45) is 5.62. The minimum atomic E-state index is -0.141. The third kappa shape index (κ3) is 10.3. The van der Waals surface area contributed by atoms with E-state index in [1.165, 1.54) is 0 Å². The molecular formula is C23H40FNO2. The van der Waals surface area contributed by atoms with Crippen LogP contribution in [0.2, 0.25) is 0 Å². The molecule has 2 amide bonds. The Kier molecular flexibility index (Phi) is 15.6. The fourth-order valence-electron chi connectivity index (χ4n) is 2.92. The van der Waals surface area contributed by atoms with Gasteiger partial charge in [-0.1, -0.05) is 67.0 Å². The smallest absolute Gasteiger partial charge is 0.229 e. The molecule has 1 N–H and O–H groups in total. The molecule has 4 heteroatoms. The van der Waals surface area contributed by atoms with Crippen LogP contribution >= 0.6 is 0 Å². The molecule has 1 heterocycles. The van der Waals surface area contributed by atoms with E-state index >= 15 is 0 Å². The molecule has 0 radical (unpaired) electrons. The van der Waals surface area contributed by atoms with Crippen LogP contribution in [0.25, 0.3) is 0 Å². The molecule has 1 aliphatic heterocycles. The number of imide groups is 1. The molecule has 1 saturated heterocycles. The number of hydrogen-bond donors (Lipinski definition) is 1. The summed E-state index contributed by atoms with van der Waals surface area (Å²) in [5, 5.41) is 2.25. The van der Waals surface area contributed by atoms with Gasteiger partial charge >= 0.3 is 0 Å². The first-order valence-electron chi connectivity index (χ1n) is 9.98. The highest BCUT2D eigenvalue weighted by Gasteiger charge is 2.21. The Hall–Kier alpha value is -1.71. The van der Waals surface area contributed by atoms with Gasteiger partial charge in [0.1, 0.15) is 5.82 Å². The first-order chi connectivity index (χ1) is 12.4. The Labute approximate surface area is 166 Å². The number of rotatable bonds is 5. The normalized spacial score (nSPS) is 15.6. The highest BCUT2D eigenvalue weighted by atomic mass is 19.1. The zero-order chi connectivity index (χ0) is 20.1. The predicted molar refractivity (Wildman–Crippen MR) is 113 cm³/mol. The average molecular weight is 382 g/mol. The van der Waals surface area contributed by atoms with Gasteiger partial charge in [-0.3, -0.25) is 14.9 Å². The predicted octanol–water partition coefficient (Wildman–Crippen LogP) is 6.54. The Balaban J connectivity index is 0. The third-order valence-electron chi connectivity index (χ3n) is 4.38. The summed E-state index contributed by atoms with van der Waals surface area (Å²) in [5.41, 5.74) is 1.91. The molecule has 1 aromatic carbocycles. The van der Waals surface area contributed by atoms with Crippen molar-refractivity contribution in [3.63, 3.8) is 0 Å². The van der Waals surface area contributed by atoms with Crippen LogP contribution in [0.15, 0.2) is 18.2 Å². The van der Waals surface area contributed by atoms with Crippen molar-refractivity contribution in [3.05, 3.63) is 35.1 Å². The molecule has 156 valence electrons. The number of carbonyl (C=O) groups excluding carboxylic acids is 2. The van der Waals surface area contributed by atoms with Gasteiger partial charge in [-0.25, -0.2) is 4.39 Å². The van der Waals surface area contributed by atoms with Gasteiger partial charge in [0.25, 0.3) is 0 Å². The fraction of sp³-hybridized carbons (Fsp3) is 0.652. The second-order valence-electron chi connectivity index (χ2n) is 6.65. The summed E-state index contributed by atoms with van der Waals surface area (Å²) in [4.78, 5) is 21.2. The molecule has 1 fully saturated rings. The van der Waals surface area contributed by atoms with Crippen LogP contribution in [0.3, 0.4) is 0 Å². The van der Waals surface area contributed by atoms with Crippen molar-refractivity contribution >= 4 is 11.8 Å². The average Bonchev–Trinajstić information content (AvgIpc) is 2.61. The van der Waals surface area contributed by atoms with Crippen molar-refractivity contribution in [2.24, 2.45) is 5.92 Å². The quantitative estimate of drug-likeness (QED) is 0.589. The Morgan fingerprint density at radius 1 is 1.15 bits per heavy atom. The molecule has 0 aliphatic carbocycles. The number of hydrogen-bond acceptors (Lipinski definition) is 2. The first kappa shape index (κ1) is 27.5. The lowest BCUT2D eigenvalue weighted by atomic mass is 9.89. The van der Waals surface area contributed by atoms with Crippen molar-refractivity contribution < 1.29 is 14.0 Å². The number of piperidine rings is 1. The van der Waals surface area contributed by atoms with Crippen LogP contribution in [-0.4, -0.2) is 11.8 Å². The summed E-state index contributed by atoms with van der Waals surface area (Å²) in [7, 11) is 0. The maximum absolute atomic E-state index is 13.7. The summed E-state index contributed by atoms with van der Waals surface area (Å²) in [6, 6.07) is 5.62. The molecule has 3 nitrogen and oxygen atoms in total. The van der Waals surface area contributed by atoms with Gasteiger partial charge in [0.2, 0.25) is 11.8 Å². The second-order valence-corrected chi connectivity index (χ2v) is 6.65. The highest BCUT2D eigenvalue weighted by molar-refractivity contribution is 5.98. The largest absolute Gasteiger partial charge is 0.296 e. The van der Waals surface area contributed by atoms with E-state index in [2.05, 4.69) is 19.2 Å². The van der Waals surface area contributed by atoms with E-state index in [9.17, 15) is 14.0 Å². The third-order valence-corrected chi connectivity index (χ3v) is 4.38. The Morgan fingerprint density at radius 3 is 2.11 bits per heavy atom. The van der Waals surface area contributed by atoms with E-state index < -0.39 is 0 Å². The van der Waals surface area contributed by atoms with E-state index in [-0.39, 0.29) is 31.0 Å². The number of aryl methyl sites for hydroxylation is 1. The van der Waals surface area contributed by atoms with Gasteiger partial charge in [0.05, 0.1) is 0 Å². The zero-order valence-corrected chi connectivity index (χ0v) is 17.3. The number of carbonyl (C=O) groups is 2. The number of nitrogens with one attached hydrogen (secondary N) is 1. The van der Waals surface area contributed by atoms with Crippen LogP contribution < -0.4 is 5.32 Å².